The molecule has 0 saturated heterocycles. The van der Waals surface area contributed by atoms with Gasteiger partial charge in [0.25, 0.3) is 5.91 Å². The maximum Gasteiger partial charge on any atom is 0.255 e. The summed E-state index contributed by atoms with van der Waals surface area (Å²) in [5.74, 6) is -1.21. The van der Waals surface area contributed by atoms with Crippen LogP contribution in [0.1, 0.15) is 10.4 Å². The summed E-state index contributed by atoms with van der Waals surface area (Å²) in [6, 6.07) is 7.84. The number of rotatable bonds is 2. The lowest BCUT2D eigenvalue weighted by Gasteiger charge is -2.08. The molecule has 2 aromatic carbocycles. The standard InChI is InChI=1S/C13H8Cl2FNO2/c14-9-3-1-7(5-11(9)16)13(19)17-12-4-2-8(18)6-10(12)15/h1-6,18H,(H,17,19). The van der Waals surface area contributed by atoms with Gasteiger partial charge in [0.15, 0.2) is 0 Å². The molecule has 0 unspecified atom stereocenters. The molecule has 6 heteroatoms. The first kappa shape index (κ1) is 13.6. The molecule has 0 aliphatic heterocycles. The third kappa shape index (κ3) is 3.16. The number of nitrogens with one attached hydrogen (secondary N) is 1. The number of carbonyl (C=O) groups excluding carboxylic acids is 1. The Morgan fingerprint density at radius 1 is 1.11 bits per heavy atom. The number of hydrogen-bond donors (Lipinski definition) is 2. The smallest absolute Gasteiger partial charge is 0.255 e. The molecule has 0 spiro atoms. The second kappa shape index (κ2) is 5.47. The highest BCUT2D eigenvalue weighted by atomic mass is 35.5. The first-order chi connectivity index (χ1) is 8.97. The van der Waals surface area contributed by atoms with Crippen LogP contribution in [0.15, 0.2) is 36.4 Å². The lowest BCUT2D eigenvalue weighted by atomic mass is 10.2. The predicted octanol–water partition coefficient (Wildman–Crippen LogP) is 4.09. The van der Waals surface area contributed by atoms with Gasteiger partial charge in [-0.15, -0.1) is 0 Å². The van der Waals surface area contributed by atoms with Crippen molar-refractivity contribution in [3.8, 4) is 5.75 Å². The van der Waals surface area contributed by atoms with Crippen molar-refractivity contribution in [2.24, 2.45) is 0 Å². The molecular formula is C13H8Cl2FNO2. The van der Waals surface area contributed by atoms with Crippen molar-refractivity contribution >= 4 is 34.8 Å². The van der Waals surface area contributed by atoms with E-state index in [-0.39, 0.29) is 21.4 Å². The van der Waals surface area contributed by atoms with E-state index in [4.69, 9.17) is 23.2 Å². The molecule has 1 amide bonds. The number of benzene rings is 2. The second-order valence-electron chi connectivity index (χ2n) is 3.75. The number of halogens is 3. The molecule has 0 aromatic heterocycles. The summed E-state index contributed by atoms with van der Waals surface area (Å²) in [5.41, 5.74) is 0.436. The zero-order chi connectivity index (χ0) is 14.0. The van der Waals surface area contributed by atoms with E-state index in [1.54, 1.807) is 0 Å². The molecule has 0 saturated carbocycles. The highest BCUT2D eigenvalue weighted by Crippen LogP contribution is 2.26. The van der Waals surface area contributed by atoms with Gasteiger partial charge in [-0.25, -0.2) is 4.39 Å². The van der Waals surface area contributed by atoms with E-state index in [9.17, 15) is 14.3 Å². The van der Waals surface area contributed by atoms with Gasteiger partial charge in [-0.3, -0.25) is 4.79 Å². The molecule has 0 atom stereocenters. The SMILES string of the molecule is O=C(Nc1ccc(O)cc1Cl)c1ccc(Cl)c(F)c1. The van der Waals surface area contributed by atoms with E-state index < -0.39 is 11.7 Å². The molecular weight excluding hydrogens is 292 g/mol. The molecule has 19 heavy (non-hydrogen) atoms. The van der Waals surface area contributed by atoms with Gasteiger partial charge in [0.1, 0.15) is 11.6 Å². The molecule has 0 heterocycles. The van der Waals surface area contributed by atoms with Crippen LogP contribution in [-0.4, -0.2) is 11.0 Å². The van der Waals surface area contributed by atoms with Gasteiger partial charge in [0, 0.05) is 11.6 Å². The normalized spacial score (nSPS) is 10.3. The third-order valence-electron chi connectivity index (χ3n) is 2.38. The van der Waals surface area contributed by atoms with Crippen LogP contribution in [-0.2, 0) is 0 Å². The fourth-order valence-corrected chi connectivity index (χ4v) is 1.78. The Hall–Kier alpha value is -1.78. The van der Waals surface area contributed by atoms with Crippen LogP contribution < -0.4 is 5.32 Å². The van der Waals surface area contributed by atoms with Crippen molar-refractivity contribution in [2.45, 2.75) is 0 Å². The molecule has 0 fully saturated rings. The number of phenolic OH excluding ortho intramolecular Hbond substituents is 1. The molecule has 0 radical (unpaired) electrons. The van der Waals surface area contributed by atoms with Crippen LogP contribution in [0.25, 0.3) is 0 Å². The van der Waals surface area contributed by atoms with E-state index in [1.807, 2.05) is 0 Å². The Bertz CT molecular complexity index is 647. The molecule has 2 N–H and O–H groups in total. The minimum atomic E-state index is -0.675. The van der Waals surface area contributed by atoms with Crippen molar-refractivity contribution in [2.75, 3.05) is 5.32 Å². The van der Waals surface area contributed by atoms with Crippen molar-refractivity contribution in [3.05, 3.63) is 57.8 Å². The minimum absolute atomic E-state index is 0.0134. The number of hydrogen-bond acceptors (Lipinski definition) is 2. The Balaban J connectivity index is 2.23. The topological polar surface area (TPSA) is 49.3 Å². The average Bonchev–Trinajstić information content (AvgIpc) is 2.36. The quantitative estimate of drug-likeness (QED) is 0.821. The van der Waals surface area contributed by atoms with Crippen LogP contribution in [0.3, 0.4) is 0 Å². The molecule has 0 aliphatic carbocycles. The van der Waals surface area contributed by atoms with Crippen molar-refractivity contribution in [1.82, 2.24) is 0 Å². The Morgan fingerprint density at radius 3 is 2.47 bits per heavy atom. The zero-order valence-corrected chi connectivity index (χ0v) is 11.0. The lowest BCUT2D eigenvalue weighted by molar-refractivity contribution is 0.102. The van der Waals surface area contributed by atoms with Crippen molar-refractivity contribution in [3.63, 3.8) is 0 Å². The van der Waals surface area contributed by atoms with Crippen LogP contribution >= 0.6 is 23.2 Å². The van der Waals surface area contributed by atoms with Gasteiger partial charge in [0.05, 0.1) is 15.7 Å². The number of amides is 1. The highest BCUT2D eigenvalue weighted by Gasteiger charge is 2.11. The minimum Gasteiger partial charge on any atom is -0.508 e. The molecule has 98 valence electrons. The van der Waals surface area contributed by atoms with E-state index in [0.717, 1.165) is 6.07 Å². The predicted molar refractivity (Wildman–Crippen MR) is 72.5 cm³/mol. The number of anilines is 1. The average molecular weight is 300 g/mol. The number of phenols is 1. The summed E-state index contributed by atoms with van der Waals surface area (Å²) in [5, 5.41) is 11.8. The first-order valence-electron chi connectivity index (χ1n) is 5.22. The van der Waals surface area contributed by atoms with Crippen LogP contribution in [0.2, 0.25) is 10.0 Å². The van der Waals surface area contributed by atoms with E-state index in [2.05, 4.69) is 5.32 Å². The summed E-state index contributed by atoms with van der Waals surface area (Å²) in [7, 11) is 0. The molecule has 3 nitrogen and oxygen atoms in total. The highest BCUT2D eigenvalue weighted by molar-refractivity contribution is 6.34. The Morgan fingerprint density at radius 2 is 1.84 bits per heavy atom. The van der Waals surface area contributed by atoms with Gasteiger partial charge in [-0.1, -0.05) is 23.2 Å². The summed E-state index contributed by atoms with van der Waals surface area (Å²) in [4.78, 5) is 11.9. The van der Waals surface area contributed by atoms with Crippen molar-refractivity contribution < 1.29 is 14.3 Å². The first-order valence-corrected chi connectivity index (χ1v) is 5.98. The van der Waals surface area contributed by atoms with E-state index >= 15 is 0 Å². The van der Waals surface area contributed by atoms with Crippen molar-refractivity contribution in [1.29, 1.82) is 0 Å². The lowest BCUT2D eigenvalue weighted by Crippen LogP contribution is -2.12. The summed E-state index contributed by atoms with van der Waals surface area (Å²) in [6.07, 6.45) is 0. The summed E-state index contributed by atoms with van der Waals surface area (Å²) >= 11 is 11.4. The summed E-state index contributed by atoms with van der Waals surface area (Å²) < 4.78 is 13.2. The van der Waals surface area contributed by atoms with Crippen LogP contribution in [0, 0.1) is 5.82 Å². The largest absolute Gasteiger partial charge is 0.508 e. The molecule has 2 aromatic rings. The zero-order valence-electron chi connectivity index (χ0n) is 9.45. The summed E-state index contributed by atoms with van der Waals surface area (Å²) in [6.45, 7) is 0. The Labute approximate surface area is 118 Å². The van der Waals surface area contributed by atoms with Gasteiger partial charge in [-0.05, 0) is 30.3 Å². The monoisotopic (exact) mass is 299 g/mol. The second-order valence-corrected chi connectivity index (χ2v) is 4.56. The van der Waals surface area contributed by atoms with Crippen LogP contribution in [0.4, 0.5) is 10.1 Å². The Kier molecular flexibility index (Phi) is 3.93. The van der Waals surface area contributed by atoms with E-state index in [1.165, 1.54) is 30.3 Å². The van der Waals surface area contributed by atoms with E-state index in [0.29, 0.717) is 5.69 Å². The maximum absolute atomic E-state index is 13.2. The fourth-order valence-electron chi connectivity index (χ4n) is 1.44. The maximum atomic E-state index is 13.2. The van der Waals surface area contributed by atoms with Gasteiger partial charge in [0.2, 0.25) is 0 Å². The number of carbonyl (C=O) groups is 1. The van der Waals surface area contributed by atoms with Gasteiger partial charge >= 0.3 is 0 Å². The number of aromatic hydroxyl groups is 1. The molecule has 2 rings (SSSR count). The van der Waals surface area contributed by atoms with Gasteiger partial charge in [-0.2, -0.15) is 0 Å². The molecule has 0 aliphatic rings. The third-order valence-corrected chi connectivity index (χ3v) is 3.00. The fraction of sp³-hybridized carbons (Fsp3) is 0. The molecule has 0 bridgehead atoms. The van der Waals surface area contributed by atoms with Crippen LogP contribution in [0.5, 0.6) is 5.75 Å². The van der Waals surface area contributed by atoms with Gasteiger partial charge < -0.3 is 10.4 Å².